The van der Waals surface area contributed by atoms with Crippen molar-refractivity contribution in [3.63, 3.8) is 0 Å². The van der Waals surface area contributed by atoms with Crippen molar-refractivity contribution >= 4 is 21.9 Å². The van der Waals surface area contributed by atoms with E-state index in [2.05, 4.69) is 9.97 Å². The Kier molecular flexibility index (Phi) is 3.92. The summed E-state index contributed by atoms with van der Waals surface area (Å²) in [5, 5.41) is 22.5. The van der Waals surface area contributed by atoms with Crippen LogP contribution in [0.2, 0.25) is 0 Å². The van der Waals surface area contributed by atoms with Gasteiger partial charge in [0.2, 0.25) is 0 Å². The van der Waals surface area contributed by atoms with Crippen LogP contribution in [0.4, 0.5) is 0 Å². The topological polar surface area (TPSA) is 130 Å². The van der Waals surface area contributed by atoms with Gasteiger partial charge in [-0.3, -0.25) is 0 Å². The van der Waals surface area contributed by atoms with Crippen LogP contribution >= 0.6 is 0 Å². The van der Waals surface area contributed by atoms with E-state index in [4.69, 9.17) is 8.83 Å². The predicted octanol–water partition coefficient (Wildman–Crippen LogP) is 3.21. The summed E-state index contributed by atoms with van der Waals surface area (Å²) in [6.45, 7) is 0. The van der Waals surface area contributed by atoms with Crippen molar-refractivity contribution in [3.05, 3.63) is 98.7 Å². The molecule has 0 atom stereocenters. The molecule has 0 spiro atoms. The minimum atomic E-state index is -1.20. The number of H-pyrrole nitrogens is 1. The van der Waals surface area contributed by atoms with Gasteiger partial charge in [-0.25, -0.2) is 14.6 Å². The molecule has 0 aliphatic carbocycles. The Morgan fingerprint density at radius 3 is 1.77 bits per heavy atom. The van der Waals surface area contributed by atoms with Crippen LogP contribution in [0.3, 0.4) is 0 Å². The highest BCUT2D eigenvalue weighted by Crippen LogP contribution is 2.40. The maximum atomic E-state index is 12.9. The SMILES string of the molecule is O=c1oc2ccccc2c(O)c1C(c1cnc[nH]1)c1c(O)c2ccccc2oc1=O. The van der Waals surface area contributed by atoms with E-state index in [9.17, 15) is 19.8 Å². The average Bonchev–Trinajstić information content (AvgIpc) is 3.27. The van der Waals surface area contributed by atoms with Gasteiger partial charge in [-0.05, 0) is 24.3 Å². The van der Waals surface area contributed by atoms with Gasteiger partial charge in [0, 0.05) is 11.9 Å². The number of aromatic amines is 1. The van der Waals surface area contributed by atoms with Gasteiger partial charge in [-0.15, -0.1) is 0 Å². The third-order valence-corrected chi connectivity index (χ3v) is 5.05. The van der Waals surface area contributed by atoms with Crippen LogP contribution < -0.4 is 11.3 Å². The highest BCUT2D eigenvalue weighted by molar-refractivity contribution is 5.86. The fourth-order valence-corrected chi connectivity index (χ4v) is 3.68. The van der Waals surface area contributed by atoms with Gasteiger partial charge < -0.3 is 24.0 Å². The summed E-state index contributed by atoms with van der Waals surface area (Å²) in [5.74, 6) is -1.91. The van der Waals surface area contributed by atoms with Gasteiger partial charge in [-0.2, -0.15) is 0 Å². The Labute approximate surface area is 167 Å². The van der Waals surface area contributed by atoms with Crippen molar-refractivity contribution in [1.29, 1.82) is 0 Å². The average molecular weight is 402 g/mol. The van der Waals surface area contributed by atoms with E-state index in [0.29, 0.717) is 16.5 Å². The summed E-state index contributed by atoms with van der Waals surface area (Å²) >= 11 is 0. The number of rotatable bonds is 3. The number of para-hydroxylation sites is 2. The molecule has 0 radical (unpaired) electrons. The minimum Gasteiger partial charge on any atom is -0.507 e. The number of nitrogens with one attached hydrogen (secondary N) is 1. The summed E-state index contributed by atoms with van der Waals surface area (Å²) in [6, 6.07) is 13.0. The molecule has 0 amide bonds. The monoisotopic (exact) mass is 402 g/mol. The van der Waals surface area contributed by atoms with E-state index in [0.717, 1.165) is 0 Å². The first-order valence-corrected chi connectivity index (χ1v) is 9.04. The molecule has 0 saturated carbocycles. The lowest BCUT2D eigenvalue weighted by Crippen LogP contribution is -2.21. The molecule has 5 aromatic rings. The lowest BCUT2D eigenvalue weighted by atomic mass is 9.88. The van der Waals surface area contributed by atoms with E-state index in [1.54, 1.807) is 48.5 Å². The van der Waals surface area contributed by atoms with Crippen LogP contribution in [0.25, 0.3) is 21.9 Å². The first-order valence-electron chi connectivity index (χ1n) is 9.04. The van der Waals surface area contributed by atoms with Crippen LogP contribution in [-0.4, -0.2) is 20.2 Å². The molecule has 2 aromatic carbocycles. The molecule has 0 saturated heterocycles. The van der Waals surface area contributed by atoms with Gasteiger partial charge in [0.1, 0.15) is 22.7 Å². The van der Waals surface area contributed by atoms with Crippen LogP contribution in [0, 0.1) is 0 Å². The normalized spacial score (nSPS) is 11.5. The van der Waals surface area contributed by atoms with E-state index in [1.807, 2.05) is 0 Å². The quantitative estimate of drug-likeness (QED) is 0.395. The first kappa shape index (κ1) is 17.7. The molecular weight excluding hydrogens is 388 g/mol. The Balaban J connectivity index is 1.90. The molecule has 0 aliphatic heterocycles. The number of aromatic nitrogens is 2. The molecule has 0 fully saturated rings. The van der Waals surface area contributed by atoms with Gasteiger partial charge in [0.15, 0.2) is 0 Å². The molecule has 148 valence electrons. The Bertz CT molecular complexity index is 1420. The number of hydrogen-bond donors (Lipinski definition) is 3. The van der Waals surface area contributed by atoms with Crippen LogP contribution in [0.5, 0.6) is 11.5 Å². The molecule has 3 aromatic heterocycles. The molecule has 0 aliphatic rings. The van der Waals surface area contributed by atoms with Crippen LogP contribution in [0.1, 0.15) is 22.7 Å². The lowest BCUT2D eigenvalue weighted by molar-refractivity contribution is 0.441. The van der Waals surface area contributed by atoms with Crippen LogP contribution in [-0.2, 0) is 0 Å². The van der Waals surface area contributed by atoms with Gasteiger partial charge in [0.05, 0.1) is 34.1 Å². The predicted molar refractivity (Wildman–Crippen MR) is 108 cm³/mol. The largest absolute Gasteiger partial charge is 0.507 e. The van der Waals surface area contributed by atoms with Crippen molar-refractivity contribution in [3.8, 4) is 11.5 Å². The van der Waals surface area contributed by atoms with Crippen LogP contribution in [0.15, 0.2) is 79.5 Å². The minimum absolute atomic E-state index is 0.196. The van der Waals surface area contributed by atoms with Gasteiger partial charge in [-0.1, -0.05) is 24.3 Å². The fraction of sp³-hybridized carbons (Fsp3) is 0.0455. The Morgan fingerprint density at radius 1 is 0.800 bits per heavy atom. The van der Waals surface area contributed by atoms with Crippen molar-refractivity contribution < 1.29 is 19.0 Å². The molecule has 30 heavy (non-hydrogen) atoms. The summed E-state index contributed by atoms with van der Waals surface area (Å²) in [7, 11) is 0. The smallest absolute Gasteiger partial charge is 0.344 e. The Hall–Kier alpha value is -4.33. The zero-order chi connectivity index (χ0) is 20.8. The van der Waals surface area contributed by atoms with Crippen molar-refractivity contribution in [2.75, 3.05) is 0 Å². The van der Waals surface area contributed by atoms with Crippen molar-refractivity contribution in [2.45, 2.75) is 5.92 Å². The highest BCUT2D eigenvalue weighted by atomic mass is 16.4. The molecule has 0 bridgehead atoms. The van der Waals surface area contributed by atoms with Crippen molar-refractivity contribution in [1.82, 2.24) is 9.97 Å². The summed E-state index contributed by atoms with van der Waals surface area (Å²) in [6.07, 6.45) is 2.76. The molecule has 3 N–H and O–H groups in total. The molecule has 0 unspecified atom stereocenters. The second kappa shape index (κ2) is 6.63. The summed E-state index contributed by atoms with van der Waals surface area (Å²) < 4.78 is 10.8. The van der Waals surface area contributed by atoms with Crippen molar-refractivity contribution in [2.24, 2.45) is 0 Å². The second-order valence-electron chi connectivity index (χ2n) is 6.74. The third kappa shape index (κ3) is 2.58. The molecule has 5 rings (SSSR count). The lowest BCUT2D eigenvalue weighted by Gasteiger charge is -2.18. The second-order valence-corrected chi connectivity index (χ2v) is 6.74. The van der Waals surface area contributed by atoms with Gasteiger partial charge in [0.25, 0.3) is 0 Å². The van der Waals surface area contributed by atoms with E-state index >= 15 is 0 Å². The number of imidazole rings is 1. The van der Waals surface area contributed by atoms with E-state index in [1.165, 1.54) is 12.5 Å². The fourth-order valence-electron chi connectivity index (χ4n) is 3.68. The Morgan fingerprint density at radius 2 is 1.30 bits per heavy atom. The molecule has 8 heteroatoms. The van der Waals surface area contributed by atoms with Gasteiger partial charge >= 0.3 is 11.3 Å². The number of benzene rings is 2. The zero-order valence-electron chi connectivity index (χ0n) is 15.3. The molecule has 3 heterocycles. The molecular formula is C22H14N2O6. The standard InChI is InChI=1S/C22H14N2O6/c25-19-11-5-1-3-7-14(11)29-21(27)17(19)16(13-9-23-10-24-13)18-20(26)12-6-2-4-8-15(12)30-22(18)28/h1-10,16,25-26H,(H,23,24). The summed E-state index contributed by atoms with van der Waals surface area (Å²) in [5.41, 5.74) is -1.43. The zero-order valence-corrected chi connectivity index (χ0v) is 15.3. The maximum Gasteiger partial charge on any atom is 0.344 e. The maximum absolute atomic E-state index is 12.9. The van der Waals surface area contributed by atoms with E-state index in [-0.39, 0.29) is 33.8 Å². The molecule has 8 nitrogen and oxygen atoms in total. The number of hydrogen-bond acceptors (Lipinski definition) is 7. The third-order valence-electron chi connectivity index (χ3n) is 5.05. The summed E-state index contributed by atoms with van der Waals surface area (Å²) in [4.78, 5) is 32.5. The first-order chi connectivity index (χ1) is 14.6. The van der Waals surface area contributed by atoms with E-state index < -0.39 is 17.2 Å². The highest BCUT2D eigenvalue weighted by Gasteiger charge is 2.33. The number of nitrogens with zero attached hydrogens (tertiary/aromatic N) is 1. The number of aromatic hydroxyl groups is 2. The number of fused-ring (bicyclic) bond motifs is 2.